The van der Waals surface area contributed by atoms with E-state index in [1.54, 1.807) is 17.4 Å². The molecule has 0 unspecified atom stereocenters. The van der Waals surface area contributed by atoms with Crippen LogP contribution in [0.15, 0.2) is 18.7 Å². The number of hydrogen-bond acceptors (Lipinski definition) is 5. The summed E-state index contributed by atoms with van der Waals surface area (Å²) in [5.74, 6) is 0.821. The molecule has 0 bridgehead atoms. The lowest BCUT2D eigenvalue weighted by molar-refractivity contribution is -0.133. The van der Waals surface area contributed by atoms with Crippen molar-refractivity contribution in [2.24, 2.45) is 0 Å². The van der Waals surface area contributed by atoms with Crippen LogP contribution in [0.25, 0.3) is 0 Å². The molecular weight excluding hydrogens is 234 g/mol. The Hall–Kier alpha value is -2.38. The Balaban J connectivity index is 1.67. The van der Waals surface area contributed by atoms with Gasteiger partial charge in [0.1, 0.15) is 12.9 Å². The summed E-state index contributed by atoms with van der Waals surface area (Å²) < 4.78 is 3.49. The third kappa shape index (κ3) is 1.92. The largest absolute Gasteiger partial charge is 0.396 e. The molecule has 8 nitrogen and oxygen atoms in total. The van der Waals surface area contributed by atoms with E-state index in [0.29, 0.717) is 18.8 Å². The van der Waals surface area contributed by atoms with Crippen LogP contribution in [-0.4, -0.2) is 41.9 Å². The number of fused-ring (bicyclic) bond motifs is 1. The van der Waals surface area contributed by atoms with Crippen molar-refractivity contribution in [3.8, 4) is 0 Å². The van der Waals surface area contributed by atoms with E-state index in [1.165, 1.54) is 10.9 Å². The van der Waals surface area contributed by atoms with Crippen molar-refractivity contribution < 1.29 is 4.79 Å². The van der Waals surface area contributed by atoms with E-state index in [9.17, 15) is 4.79 Å². The van der Waals surface area contributed by atoms with Crippen LogP contribution in [0.3, 0.4) is 0 Å². The summed E-state index contributed by atoms with van der Waals surface area (Å²) >= 11 is 0. The molecule has 0 aromatic carbocycles. The average Bonchev–Trinajstić information content (AvgIpc) is 2.96. The Kier molecular flexibility index (Phi) is 2.47. The summed E-state index contributed by atoms with van der Waals surface area (Å²) in [6.45, 7) is 2.09. The fraction of sp³-hybridized carbons (Fsp3) is 0.400. The van der Waals surface area contributed by atoms with Gasteiger partial charge in [-0.1, -0.05) is 0 Å². The Bertz CT molecular complexity index is 572. The Morgan fingerprint density at radius 1 is 1.44 bits per heavy atom. The first-order valence-corrected chi connectivity index (χ1v) is 5.65. The van der Waals surface area contributed by atoms with Gasteiger partial charge in [-0.3, -0.25) is 9.48 Å². The highest BCUT2D eigenvalue weighted by molar-refractivity contribution is 5.76. The molecule has 0 aliphatic carbocycles. The molecule has 0 saturated carbocycles. The molecule has 2 N–H and O–H groups in total. The SMILES string of the molecule is Nc1cnn(CC(=O)N2CCn3cnnc3C2)c1. The van der Waals surface area contributed by atoms with Crippen molar-refractivity contribution in [3.05, 3.63) is 24.5 Å². The minimum atomic E-state index is 0.00681. The maximum atomic E-state index is 12.1. The molecule has 0 radical (unpaired) electrons. The lowest BCUT2D eigenvalue weighted by Crippen LogP contribution is -2.40. The summed E-state index contributed by atoms with van der Waals surface area (Å²) in [5.41, 5.74) is 6.11. The van der Waals surface area contributed by atoms with Gasteiger partial charge in [-0.05, 0) is 0 Å². The van der Waals surface area contributed by atoms with Crippen LogP contribution in [-0.2, 0) is 24.4 Å². The number of nitrogen functional groups attached to an aromatic ring is 1. The molecule has 1 aliphatic heterocycles. The van der Waals surface area contributed by atoms with Gasteiger partial charge in [0.25, 0.3) is 0 Å². The van der Waals surface area contributed by atoms with E-state index in [2.05, 4.69) is 15.3 Å². The molecule has 1 amide bonds. The molecule has 3 rings (SSSR count). The fourth-order valence-corrected chi connectivity index (χ4v) is 1.98. The zero-order valence-electron chi connectivity index (χ0n) is 9.73. The Morgan fingerprint density at radius 3 is 3.11 bits per heavy atom. The van der Waals surface area contributed by atoms with E-state index in [0.717, 1.165) is 12.4 Å². The van der Waals surface area contributed by atoms with Crippen molar-refractivity contribution in [1.82, 2.24) is 29.4 Å². The predicted molar refractivity (Wildman–Crippen MR) is 62.1 cm³/mol. The van der Waals surface area contributed by atoms with Crippen LogP contribution in [0, 0.1) is 0 Å². The van der Waals surface area contributed by atoms with E-state index in [4.69, 9.17) is 5.73 Å². The van der Waals surface area contributed by atoms with E-state index >= 15 is 0 Å². The number of carbonyl (C=O) groups excluding carboxylic acids is 1. The van der Waals surface area contributed by atoms with Gasteiger partial charge in [0.2, 0.25) is 5.91 Å². The molecule has 0 fully saturated rings. The molecule has 8 heteroatoms. The van der Waals surface area contributed by atoms with Crippen molar-refractivity contribution in [3.63, 3.8) is 0 Å². The molecule has 94 valence electrons. The highest BCUT2D eigenvalue weighted by atomic mass is 16.2. The van der Waals surface area contributed by atoms with Gasteiger partial charge < -0.3 is 15.2 Å². The van der Waals surface area contributed by atoms with Crippen LogP contribution in [0.5, 0.6) is 0 Å². The van der Waals surface area contributed by atoms with Gasteiger partial charge in [-0.15, -0.1) is 10.2 Å². The molecule has 2 aromatic heterocycles. The van der Waals surface area contributed by atoms with E-state index < -0.39 is 0 Å². The van der Waals surface area contributed by atoms with E-state index in [1.807, 2.05) is 4.57 Å². The van der Waals surface area contributed by atoms with Gasteiger partial charge in [0.05, 0.1) is 18.4 Å². The third-order valence-electron chi connectivity index (χ3n) is 2.94. The van der Waals surface area contributed by atoms with Gasteiger partial charge >= 0.3 is 0 Å². The number of aromatic nitrogens is 5. The van der Waals surface area contributed by atoms with Crippen molar-refractivity contribution >= 4 is 11.6 Å². The normalized spacial score (nSPS) is 14.6. The van der Waals surface area contributed by atoms with Gasteiger partial charge in [0.15, 0.2) is 5.82 Å². The van der Waals surface area contributed by atoms with Gasteiger partial charge in [0, 0.05) is 19.3 Å². The van der Waals surface area contributed by atoms with Crippen LogP contribution < -0.4 is 5.73 Å². The topological polar surface area (TPSA) is 94.9 Å². The summed E-state index contributed by atoms with van der Waals surface area (Å²) in [6, 6.07) is 0. The minimum Gasteiger partial charge on any atom is -0.396 e. The second-order valence-corrected chi connectivity index (χ2v) is 4.23. The number of nitrogens with two attached hydrogens (primary N) is 1. The molecule has 18 heavy (non-hydrogen) atoms. The highest BCUT2D eigenvalue weighted by Gasteiger charge is 2.21. The lowest BCUT2D eigenvalue weighted by Gasteiger charge is -2.26. The predicted octanol–water partition coefficient (Wildman–Crippen LogP) is -0.901. The number of nitrogens with zero attached hydrogens (tertiary/aromatic N) is 6. The summed E-state index contributed by atoms with van der Waals surface area (Å²) in [7, 11) is 0. The summed E-state index contributed by atoms with van der Waals surface area (Å²) in [5, 5.41) is 11.8. The quantitative estimate of drug-likeness (QED) is 0.742. The van der Waals surface area contributed by atoms with Crippen LogP contribution in [0.1, 0.15) is 5.82 Å². The average molecular weight is 247 g/mol. The smallest absolute Gasteiger partial charge is 0.244 e. The van der Waals surface area contributed by atoms with Crippen LogP contribution >= 0.6 is 0 Å². The first-order valence-electron chi connectivity index (χ1n) is 5.65. The monoisotopic (exact) mass is 247 g/mol. The first-order chi connectivity index (χ1) is 8.72. The maximum Gasteiger partial charge on any atom is 0.244 e. The maximum absolute atomic E-state index is 12.1. The Morgan fingerprint density at radius 2 is 2.33 bits per heavy atom. The zero-order valence-corrected chi connectivity index (χ0v) is 9.73. The second kappa shape index (κ2) is 4.13. The number of anilines is 1. The van der Waals surface area contributed by atoms with Gasteiger partial charge in [-0.25, -0.2) is 0 Å². The summed E-state index contributed by atoms with van der Waals surface area (Å²) in [4.78, 5) is 13.8. The van der Waals surface area contributed by atoms with Crippen molar-refractivity contribution in [1.29, 1.82) is 0 Å². The molecule has 2 aromatic rings. The lowest BCUT2D eigenvalue weighted by atomic mass is 10.3. The molecule has 3 heterocycles. The van der Waals surface area contributed by atoms with Crippen molar-refractivity contribution in [2.75, 3.05) is 12.3 Å². The van der Waals surface area contributed by atoms with Crippen molar-refractivity contribution in [2.45, 2.75) is 19.6 Å². The number of rotatable bonds is 2. The van der Waals surface area contributed by atoms with Crippen LogP contribution in [0.2, 0.25) is 0 Å². The second-order valence-electron chi connectivity index (χ2n) is 4.23. The zero-order chi connectivity index (χ0) is 12.5. The minimum absolute atomic E-state index is 0.00681. The molecule has 0 atom stereocenters. The van der Waals surface area contributed by atoms with E-state index in [-0.39, 0.29) is 12.5 Å². The fourth-order valence-electron chi connectivity index (χ4n) is 1.98. The molecule has 0 saturated heterocycles. The summed E-state index contributed by atoms with van der Waals surface area (Å²) in [6.07, 6.45) is 4.86. The Labute approximate surface area is 103 Å². The van der Waals surface area contributed by atoms with Gasteiger partial charge in [-0.2, -0.15) is 5.10 Å². The first kappa shape index (κ1) is 10.8. The van der Waals surface area contributed by atoms with Crippen LogP contribution in [0.4, 0.5) is 5.69 Å². The standard InChI is InChI=1S/C10H13N7O/c11-8-3-13-17(4-8)6-10(18)15-1-2-16-7-12-14-9(16)5-15/h3-4,7H,1-2,5-6,11H2. The molecule has 0 spiro atoms. The number of hydrogen-bond donors (Lipinski definition) is 1. The molecular formula is C10H13N7O. The number of amides is 1. The molecule has 1 aliphatic rings. The number of carbonyl (C=O) groups is 1. The third-order valence-corrected chi connectivity index (χ3v) is 2.94. The highest BCUT2D eigenvalue weighted by Crippen LogP contribution is 2.10.